The molecular weight excluding hydrogens is 373 g/mol. The van der Waals surface area contributed by atoms with E-state index in [1.807, 2.05) is 6.92 Å². The number of amides is 1. The lowest BCUT2D eigenvalue weighted by atomic mass is 10.1. The minimum Gasteiger partial charge on any atom is -0.481 e. The quantitative estimate of drug-likeness (QED) is 0.721. The van der Waals surface area contributed by atoms with Gasteiger partial charge in [0.25, 0.3) is 5.91 Å². The summed E-state index contributed by atoms with van der Waals surface area (Å²) in [6.45, 7) is 1.98. The van der Waals surface area contributed by atoms with E-state index in [2.05, 4.69) is 0 Å². The van der Waals surface area contributed by atoms with Crippen molar-refractivity contribution in [3.8, 4) is 5.75 Å². The number of carbonyl (C=O) groups excluding carboxylic acids is 1. The lowest BCUT2D eigenvalue weighted by Crippen LogP contribution is -2.47. The molecule has 0 bridgehead atoms. The molecule has 1 aliphatic heterocycles. The smallest absolute Gasteiger partial charge is 0.264 e. The van der Waals surface area contributed by atoms with Crippen LogP contribution in [0, 0.1) is 5.82 Å². The van der Waals surface area contributed by atoms with Crippen molar-refractivity contribution in [2.75, 3.05) is 11.5 Å². The first kappa shape index (κ1) is 19.4. The summed E-state index contributed by atoms with van der Waals surface area (Å²) < 4.78 is 48.0. The zero-order valence-electron chi connectivity index (χ0n) is 15.0. The topological polar surface area (TPSA) is 76.8 Å². The van der Waals surface area contributed by atoms with E-state index < -0.39 is 27.8 Å². The molecule has 1 aliphatic rings. The number of furan rings is 1. The maximum absolute atomic E-state index is 13.2. The van der Waals surface area contributed by atoms with Gasteiger partial charge in [0.05, 0.1) is 24.3 Å². The van der Waals surface area contributed by atoms with Crippen molar-refractivity contribution in [2.45, 2.75) is 38.5 Å². The number of sulfone groups is 1. The molecule has 2 unspecified atom stereocenters. The Balaban J connectivity index is 1.80. The van der Waals surface area contributed by atoms with Crippen LogP contribution in [-0.2, 0) is 21.2 Å². The zero-order chi connectivity index (χ0) is 19.4. The molecule has 0 spiro atoms. The van der Waals surface area contributed by atoms with Crippen molar-refractivity contribution < 1.29 is 26.8 Å². The zero-order valence-corrected chi connectivity index (χ0v) is 15.8. The predicted molar refractivity (Wildman–Crippen MR) is 97.4 cm³/mol. The summed E-state index contributed by atoms with van der Waals surface area (Å²) >= 11 is 0. The lowest BCUT2D eigenvalue weighted by molar-refractivity contribution is -0.141. The average molecular weight is 395 g/mol. The number of ether oxygens (including phenoxy) is 1. The Labute approximate surface area is 157 Å². The minimum absolute atomic E-state index is 0.0631. The van der Waals surface area contributed by atoms with Crippen molar-refractivity contribution in [3.63, 3.8) is 0 Å². The van der Waals surface area contributed by atoms with Crippen LogP contribution in [0.5, 0.6) is 5.75 Å². The highest BCUT2D eigenvalue weighted by molar-refractivity contribution is 7.91. The van der Waals surface area contributed by atoms with Crippen LogP contribution in [0.2, 0.25) is 0 Å². The van der Waals surface area contributed by atoms with Crippen LogP contribution in [0.3, 0.4) is 0 Å². The molecule has 1 fully saturated rings. The summed E-state index contributed by atoms with van der Waals surface area (Å²) in [5, 5.41) is 0. The van der Waals surface area contributed by atoms with Crippen LogP contribution < -0.4 is 4.74 Å². The van der Waals surface area contributed by atoms with Crippen LogP contribution in [0.25, 0.3) is 0 Å². The van der Waals surface area contributed by atoms with Crippen molar-refractivity contribution in [2.24, 2.45) is 0 Å². The molecule has 2 aromatic rings. The van der Waals surface area contributed by atoms with Crippen LogP contribution in [0.15, 0.2) is 47.1 Å². The summed E-state index contributed by atoms with van der Waals surface area (Å²) in [5.74, 6) is 0.261. The van der Waals surface area contributed by atoms with Gasteiger partial charge in [-0.05, 0) is 49.2 Å². The van der Waals surface area contributed by atoms with E-state index in [4.69, 9.17) is 9.15 Å². The Morgan fingerprint density at radius 1 is 1.33 bits per heavy atom. The highest BCUT2D eigenvalue weighted by Crippen LogP contribution is 2.23. The first-order chi connectivity index (χ1) is 12.9. The molecule has 1 aromatic carbocycles. The van der Waals surface area contributed by atoms with E-state index in [0.29, 0.717) is 24.4 Å². The summed E-state index contributed by atoms with van der Waals surface area (Å²) in [4.78, 5) is 14.7. The van der Waals surface area contributed by atoms with E-state index >= 15 is 0 Å². The molecule has 8 heteroatoms. The molecule has 27 heavy (non-hydrogen) atoms. The van der Waals surface area contributed by atoms with Crippen molar-refractivity contribution in [1.82, 2.24) is 4.90 Å². The molecule has 1 aromatic heterocycles. The fourth-order valence-electron chi connectivity index (χ4n) is 3.15. The third-order valence-corrected chi connectivity index (χ3v) is 6.33. The fourth-order valence-corrected chi connectivity index (χ4v) is 4.88. The summed E-state index contributed by atoms with van der Waals surface area (Å²) in [5.41, 5.74) is 0. The molecule has 1 amide bonds. The Bertz CT molecular complexity index is 864. The number of carbonyl (C=O) groups is 1. The van der Waals surface area contributed by atoms with Gasteiger partial charge in [-0.1, -0.05) is 6.92 Å². The highest BCUT2D eigenvalue weighted by Gasteiger charge is 2.37. The Hall–Kier alpha value is -2.35. The number of hydrogen-bond donors (Lipinski definition) is 0. The SMILES string of the molecule is CCC(Oc1ccc(F)cc1)C(=O)N(Cc1ccco1)C1CCS(=O)(=O)C1. The van der Waals surface area contributed by atoms with Gasteiger partial charge in [-0.2, -0.15) is 0 Å². The normalized spacial score (nSPS) is 19.6. The Morgan fingerprint density at radius 2 is 2.07 bits per heavy atom. The minimum atomic E-state index is -3.16. The van der Waals surface area contributed by atoms with E-state index in [1.165, 1.54) is 35.4 Å². The predicted octanol–water partition coefficient (Wildman–Crippen LogP) is 2.79. The van der Waals surface area contributed by atoms with Crippen LogP contribution in [0.1, 0.15) is 25.5 Å². The van der Waals surface area contributed by atoms with Crippen molar-refractivity contribution in [1.29, 1.82) is 0 Å². The van der Waals surface area contributed by atoms with Gasteiger partial charge >= 0.3 is 0 Å². The number of halogens is 1. The number of rotatable bonds is 7. The molecule has 0 N–H and O–H groups in total. The molecule has 2 atom stereocenters. The monoisotopic (exact) mass is 395 g/mol. The average Bonchev–Trinajstić information content (AvgIpc) is 3.27. The van der Waals surface area contributed by atoms with Gasteiger partial charge in [0.1, 0.15) is 17.3 Å². The summed E-state index contributed by atoms with van der Waals surface area (Å²) in [6, 6.07) is 8.48. The third kappa shape index (κ3) is 4.88. The van der Waals surface area contributed by atoms with Crippen molar-refractivity contribution in [3.05, 3.63) is 54.2 Å². The lowest BCUT2D eigenvalue weighted by Gasteiger charge is -2.31. The van der Waals surface area contributed by atoms with Gasteiger partial charge in [-0.25, -0.2) is 12.8 Å². The molecule has 1 saturated heterocycles. The highest BCUT2D eigenvalue weighted by atomic mass is 32.2. The van der Waals surface area contributed by atoms with Gasteiger partial charge in [-0.15, -0.1) is 0 Å². The van der Waals surface area contributed by atoms with E-state index in [9.17, 15) is 17.6 Å². The van der Waals surface area contributed by atoms with Gasteiger partial charge in [0.2, 0.25) is 0 Å². The van der Waals surface area contributed by atoms with Crippen LogP contribution >= 0.6 is 0 Å². The maximum atomic E-state index is 13.2. The fraction of sp³-hybridized carbons (Fsp3) is 0.421. The molecule has 146 valence electrons. The number of hydrogen-bond acceptors (Lipinski definition) is 5. The maximum Gasteiger partial charge on any atom is 0.264 e. The molecule has 0 aliphatic carbocycles. The second-order valence-corrected chi connectivity index (χ2v) is 8.80. The molecule has 6 nitrogen and oxygen atoms in total. The van der Waals surface area contributed by atoms with Crippen molar-refractivity contribution >= 4 is 15.7 Å². The second-order valence-electron chi connectivity index (χ2n) is 6.57. The van der Waals surface area contributed by atoms with E-state index in [0.717, 1.165) is 0 Å². The molecule has 0 saturated carbocycles. The van der Waals surface area contributed by atoms with Crippen LogP contribution in [-0.4, -0.2) is 42.9 Å². The molecule has 0 radical (unpaired) electrons. The third-order valence-electron chi connectivity index (χ3n) is 4.58. The molecule has 3 rings (SSSR count). The van der Waals surface area contributed by atoms with E-state index in [1.54, 1.807) is 12.1 Å². The first-order valence-electron chi connectivity index (χ1n) is 8.83. The Morgan fingerprint density at radius 3 is 2.63 bits per heavy atom. The van der Waals surface area contributed by atoms with Crippen LogP contribution in [0.4, 0.5) is 4.39 Å². The van der Waals surface area contributed by atoms with E-state index in [-0.39, 0.29) is 24.0 Å². The van der Waals surface area contributed by atoms with Gasteiger partial charge in [0.15, 0.2) is 15.9 Å². The summed E-state index contributed by atoms with van der Waals surface area (Å²) in [7, 11) is -3.16. The second kappa shape index (κ2) is 8.12. The molecule has 2 heterocycles. The standard InChI is InChI=1S/C19H22FNO5S/c1-2-18(26-16-7-5-14(20)6-8-16)19(22)21(12-17-4-3-10-25-17)15-9-11-27(23,24)13-15/h3-8,10,15,18H,2,9,11-13H2,1H3. The van der Waals surface area contributed by atoms with Gasteiger partial charge in [0, 0.05) is 6.04 Å². The van der Waals surface area contributed by atoms with Gasteiger partial charge in [-0.3, -0.25) is 4.79 Å². The Kier molecular flexibility index (Phi) is 5.84. The van der Waals surface area contributed by atoms with Gasteiger partial charge < -0.3 is 14.1 Å². The number of nitrogens with zero attached hydrogens (tertiary/aromatic N) is 1. The number of benzene rings is 1. The largest absolute Gasteiger partial charge is 0.481 e. The first-order valence-corrected chi connectivity index (χ1v) is 10.7. The molecular formula is C19H22FNO5S. The summed E-state index contributed by atoms with van der Waals surface area (Å²) in [6.07, 6.45) is 1.50.